The second-order valence-corrected chi connectivity index (χ2v) is 12.2. The van der Waals surface area contributed by atoms with Gasteiger partial charge in [0.1, 0.15) is 11.5 Å². The zero-order valence-corrected chi connectivity index (χ0v) is 23.6. The highest BCUT2D eigenvalue weighted by Gasteiger charge is 2.20. The number of nitrogens with one attached hydrogen (secondary N) is 3. The molecule has 0 radical (unpaired) electrons. The number of likely N-dealkylation sites (tertiary alicyclic amines) is 1. The van der Waals surface area contributed by atoms with Gasteiger partial charge in [-0.1, -0.05) is 18.2 Å². The second-order valence-electron chi connectivity index (χ2n) is 10.2. The molecule has 0 bridgehead atoms. The molecule has 1 aliphatic heterocycles. The minimum Gasteiger partial charge on any atom is -0.396 e. The van der Waals surface area contributed by atoms with E-state index in [1.54, 1.807) is 18.5 Å². The number of aromatic amines is 1. The number of nitrogens with zero attached hydrogens (tertiary/aromatic N) is 4. The van der Waals surface area contributed by atoms with Gasteiger partial charge in [-0.3, -0.25) is 9.10 Å². The van der Waals surface area contributed by atoms with Crippen molar-refractivity contribution in [3.63, 3.8) is 0 Å². The predicted molar refractivity (Wildman–Crippen MR) is 159 cm³/mol. The molecule has 5 N–H and O–H groups in total. The van der Waals surface area contributed by atoms with E-state index in [0.29, 0.717) is 40.5 Å². The number of pyridine rings is 2. The second kappa shape index (κ2) is 11.1. The molecule has 4 aromatic rings. The average molecular weight is 563 g/mol. The van der Waals surface area contributed by atoms with E-state index in [1.807, 2.05) is 36.4 Å². The summed E-state index contributed by atoms with van der Waals surface area (Å²) in [5.41, 5.74) is 11.1. The smallest absolute Gasteiger partial charge is 0.251 e. The molecular weight excluding hydrogens is 528 g/mol. The van der Waals surface area contributed by atoms with Crippen molar-refractivity contribution in [1.29, 1.82) is 0 Å². The molecule has 0 aliphatic carbocycles. The normalized spacial score (nSPS) is 14.8. The number of fused-ring (bicyclic) bond motifs is 1. The number of hydrogen-bond donors (Lipinski definition) is 4. The first kappa shape index (κ1) is 27.4. The Kier molecular flexibility index (Phi) is 7.63. The Balaban J connectivity index is 1.34. The number of H-pyrrole nitrogens is 1. The van der Waals surface area contributed by atoms with E-state index in [0.717, 1.165) is 53.1 Å². The van der Waals surface area contributed by atoms with Crippen LogP contribution in [0.5, 0.6) is 0 Å². The topological polar surface area (TPSA) is 149 Å². The largest absolute Gasteiger partial charge is 0.396 e. The lowest BCUT2D eigenvalue weighted by Crippen LogP contribution is -2.43. The van der Waals surface area contributed by atoms with Gasteiger partial charge in [-0.2, -0.15) is 0 Å². The Labute approximate surface area is 233 Å². The van der Waals surface area contributed by atoms with Crippen LogP contribution in [0, 0.1) is 0 Å². The number of carbonyl (C=O) groups is 1. The van der Waals surface area contributed by atoms with Gasteiger partial charge in [0.25, 0.3) is 5.91 Å². The van der Waals surface area contributed by atoms with E-state index in [4.69, 9.17) is 5.73 Å². The Morgan fingerprint density at radius 3 is 2.60 bits per heavy atom. The SMILES string of the molecule is CN1CCC(NC(=O)c2ccc(-c3cc4c(NCc5cccnc5N(C)S(C)(=O)=O)c(N)cnc4[nH]3)cc2)CC1. The fourth-order valence-corrected chi connectivity index (χ4v) is 5.34. The van der Waals surface area contributed by atoms with Crippen LogP contribution in [0.1, 0.15) is 28.8 Å². The van der Waals surface area contributed by atoms with Crippen molar-refractivity contribution in [3.8, 4) is 11.3 Å². The van der Waals surface area contributed by atoms with Gasteiger partial charge >= 0.3 is 0 Å². The van der Waals surface area contributed by atoms with Crippen molar-refractivity contribution in [3.05, 3.63) is 66.0 Å². The molecule has 1 saturated heterocycles. The molecule has 1 amide bonds. The quantitative estimate of drug-likeness (QED) is 0.256. The van der Waals surface area contributed by atoms with Gasteiger partial charge in [0.05, 0.1) is 23.8 Å². The van der Waals surface area contributed by atoms with Gasteiger partial charge in [0.2, 0.25) is 10.0 Å². The highest BCUT2D eigenvalue weighted by Crippen LogP contribution is 2.33. The lowest BCUT2D eigenvalue weighted by atomic mass is 10.0. The minimum atomic E-state index is -3.47. The molecule has 3 aromatic heterocycles. The van der Waals surface area contributed by atoms with Crippen molar-refractivity contribution < 1.29 is 13.2 Å². The maximum atomic E-state index is 12.8. The number of rotatable bonds is 8. The molecule has 12 heteroatoms. The van der Waals surface area contributed by atoms with Gasteiger partial charge in [0, 0.05) is 48.0 Å². The first-order valence-corrected chi connectivity index (χ1v) is 14.9. The zero-order chi connectivity index (χ0) is 28.4. The van der Waals surface area contributed by atoms with E-state index in [2.05, 4.69) is 37.5 Å². The van der Waals surface area contributed by atoms with Gasteiger partial charge in [-0.15, -0.1) is 0 Å². The van der Waals surface area contributed by atoms with Crippen LogP contribution in [-0.2, 0) is 16.6 Å². The van der Waals surface area contributed by atoms with E-state index >= 15 is 0 Å². The molecule has 0 atom stereocenters. The monoisotopic (exact) mass is 562 g/mol. The van der Waals surface area contributed by atoms with Crippen LogP contribution in [0.25, 0.3) is 22.3 Å². The summed E-state index contributed by atoms with van der Waals surface area (Å²) in [4.78, 5) is 27.1. The molecule has 1 fully saturated rings. The van der Waals surface area contributed by atoms with Crippen LogP contribution in [0.3, 0.4) is 0 Å². The van der Waals surface area contributed by atoms with Crippen molar-refractivity contribution in [1.82, 2.24) is 25.2 Å². The lowest BCUT2D eigenvalue weighted by Gasteiger charge is -2.29. The van der Waals surface area contributed by atoms with Crippen molar-refractivity contribution in [2.45, 2.75) is 25.4 Å². The fourth-order valence-electron chi connectivity index (χ4n) is 4.86. The number of benzene rings is 1. The third kappa shape index (κ3) is 5.87. The number of anilines is 3. The predicted octanol–water partition coefficient (Wildman–Crippen LogP) is 3.04. The highest BCUT2D eigenvalue weighted by atomic mass is 32.2. The molecule has 4 heterocycles. The standard InChI is InChI=1S/C28H34N8O3S/c1-35-13-10-21(11-14-35)33-28(37)19-8-6-18(7-9-19)24-15-22-25(23(29)17-32-26(22)34-24)31-16-20-5-4-12-30-27(20)36(2)40(3,38)39/h4-9,12,15,17,21H,10-11,13-14,16,29H2,1-3H3,(H,33,37)(H2,31,32,34). The number of nitrogen functional groups attached to an aromatic ring is 1. The van der Waals surface area contributed by atoms with Crippen LogP contribution in [0.15, 0.2) is 54.9 Å². The van der Waals surface area contributed by atoms with E-state index < -0.39 is 10.0 Å². The maximum absolute atomic E-state index is 12.8. The summed E-state index contributed by atoms with van der Waals surface area (Å²) >= 11 is 0. The molecular formula is C28H34N8O3S. The molecule has 210 valence electrons. The summed E-state index contributed by atoms with van der Waals surface area (Å²) in [6.07, 6.45) is 6.19. The lowest BCUT2D eigenvalue weighted by molar-refractivity contribution is 0.0917. The van der Waals surface area contributed by atoms with Crippen molar-refractivity contribution >= 4 is 44.2 Å². The number of piperidine rings is 1. The number of sulfonamides is 1. The summed E-state index contributed by atoms with van der Waals surface area (Å²) in [6, 6.07) is 13.2. The number of carbonyl (C=O) groups excluding carboxylic acids is 1. The number of hydrogen-bond acceptors (Lipinski definition) is 8. The Morgan fingerprint density at radius 1 is 1.18 bits per heavy atom. The third-order valence-corrected chi connectivity index (χ3v) is 8.49. The van der Waals surface area contributed by atoms with E-state index in [-0.39, 0.29) is 11.9 Å². The highest BCUT2D eigenvalue weighted by molar-refractivity contribution is 7.92. The van der Waals surface area contributed by atoms with Crippen LogP contribution >= 0.6 is 0 Å². The molecule has 5 rings (SSSR count). The van der Waals surface area contributed by atoms with Gasteiger partial charge in [-0.25, -0.2) is 18.4 Å². The van der Waals surface area contributed by atoms with E-state index in [9.17, 15) is 13.2 Å². The molecule has 11 nitrogen and oxygen atoms in total. The molecule has 0 saturated carbocycles. The van der Waals surface area contributed by atoms with Gasteiger partial charge in [0.15, 0.2) is 0 Å². The maximum Gasteiger partial charge on any atom is 0.251 e. The molecule has 0 unspecified atom stereocenters. The molecule has 40 heavy (non-hydrogen) atoms. The zero-order valence-electron chi connectivity index (χ0n) is 22.8. The molecule has 0 spiro atoms. The summed E-state index contributed by atoms with van der Waals surface area (Å²) in [5.74, 6) is 0.283. The van der Waals surface area contributed by atoms with Gasteiger partial charge < -0.3 is 26.3 Å². The Hall–Kier alpha value is -4.16. The summed E-state index contributed by atoms with van der Waals surface area (Å²) in [6.45, 7) is 2.27. The molecule has 1 aromatic carbocycles. The average Bonchev–Trinajstić information content (AvgIpc) is 3.38. The van der Waals surface area contributed by atoms with Crippen LogP contribution < -0.4 is 20.7 Å². The first-order valence-electron chi connectivity index (χ1n) is 13.1. The van der Waals surface area contributed by atoms with Crippen LogP contribution in [0.4, 0.5) is 17.2 Å². The summed E-state index contributed by atoms with van der Waals surface area (Å²) < 4.78 is 25.3. The van der Waals surface area contributed by atoms with Crippen molar-refractivity contribution in [2.24, 2.45) is 0 Å². The number of aromatic nitrogens is 3. The number of nitrogens with two attached hydrogens (primary N) is 1. The third-order valence-electron chi connectivity index (χ3n) is 7.32. The van der Waals surface area contributed by atoms with E-state index in [1.165, 1.54) is 7.05 Å². The van der Waals surface area contributed by atoms with Crippen LogP contribution in [-0.4, -0.2) is 73.7 Å². The Bertz CT molecular complexity index is 1630. The fraction of sp³-hybridized carbons (Fsp3) is 0.321. The molecule has 1 aliphatic rings. The minimum absolute atomic E-state index is 0.0602. The summed E-state index contributed by atoms with van der Waals surface area (Å²) in [5, 5.41) is 7.29. The van der Waals surface area contributed by atoms with Crippen LogP contribution in [0.2, 0.25) is 0 Å². The Morgan fingerprint density at radius 2 is 1.90 bits per heavy atom. The van der Waals surface area contributed by atoms with Crippen molar-refractivity contribution in [2.75, 3.05) is 48.8 Å². The van der Waals surface area contributed by atoms with Gasteiger partial charge in [-0.05, 0) is 62.8 Å². The first-order chi connectivity index (χ1) is 19.1. The number of amides is 1. The summed E-state index contributed by atoms with van der Waals surface area (Å²) in [7, 11) is 0.0996.